The highest BCUT2D eigenvalue weighted by atomic mass is 15.0. The largest absolute Gasteiger partial charge is 0.336 e. The first-order valence-electron chi connectivity index (χ1n) is 13.3. The number of para-hydroxylation sites is 2. The van der Waals surface area contributed by atoms with Crippen molar-refractivity contribution in [2.45, 2.75) is 13.1 Å². The predicted octanol–water partition coefficient (Wildman–Crippen LogP) is 9.15. The maximum atomic E-state index is 2.49. The van der Waals surface area contributed by atoms with Gasteiger partial charge in [0.1, 0.15) is 0 Å². The fourth-order valence-corrected chi connectivity index (χ4v) is 6.36. The molecule has 2 heteroatoms. The second-order valence-electron chi connectivity index (χ2n) is 10.2. The van der Waals surface area contributed by atoms with Crippen LogP contribution in [0.3, 0.4) is 0 Å². The molecule has 0 radical (unpaired) electrons. The van der Waals surface area contributed by atoms with E-state index in [1.54, 1.807) is 0 Å². The number of hydrogen-bond acceptors (Lipinski definition) is 0. The van der Waals surface area contributed by atoms with Crippen LogP contribution < -0.4 is 0 Å². The molecule has 8 aromatic rings. The normalized spacial score (nSPS) is 11.9. The number of hydrogen-bond donors (Lipinski definition) is 0. The van der Waals surface area contributed by atoms with Gasteiger partial charge in [0.25, 0.3) is 0 Å². The van der Waals surface area contributed by atoms with Crippen LogP contribution in [0.1, 0.15) is 11.1 Å². The van der Waals surface area contributed by atoms with Gasteiger partial charge in [0.15, 0.2) is 0 Å². The summed E-state index contributed by atoms with van der Waals surface area (Å²) in [4.78, 5) is 0. The molecule has 0 aliphatic carbocycles. The lowest BCUT2D eigenvalue weighted by Crippen LogP contribution is -1.99. The lowest BCUT2D eigenvalue weighted by atomic mass is 9.98. The maximum Gasteiger partial charge on any atom is 0.0501 e. The second kappa shape index (κ2) is 8.36. The van der Waals surface area contributed by atoms with E-state index in [1.165, 1.54) is 65.5 Å². The lowest BCUT2D eigenvalue weighted by Gasteiger charge is -2.10. The van der Waals surface area contributed by atoms with E-state index in [0.29, 0.717) is 0 Å². The molecule has 0 aliphatic heterocycles. The maximum absolute atomic E-state index is 2.49. The Bertz CT molecular complexity index is 1960. The minimum absolute atomic E-state index is 0.849. The summed E-state index contributed by atoms with van der Waals surface area (Å²) in [6, 6.07) is 48.6. The van der Waals surface area contributed by atoms with Crippen molar-refractivity contribution in [3.63, 3.8) is 0 Å². The molecule has 0 bridgehead atoms. The van der Waals surface area contributed by atoms with Gasteiger partial charge >= 0.3 is 0 Å². The van der Waals surface area contributed by atoms with Crippen LogP contribution in [0.25, 0.3) is 54.4 Å². The first-order chi connectivity index (χ1) is 18.9. The highest BCUT2D eigenvalue weighted by Crippen LogP contribution is 2.42. The van der Waals surface area contributed by atoms with Crippen LogP contribution in [0.5, 0.6) is 0 Å². The van der Waals surface area contributed by atoms with Crippen molar-refractivity contribution in [1.82, 2.24) is 9.13 Å². The van der Waals surface area contributed by atoms with Crippen molar-refractivity contribution in [2.75, 3.05) is 0 Å². The summed E-state index contributed by atoms with van der Waals surface area (Å²) in [6.07, 6.45) is 0. The van der Waals surface area contributed by atoms with E-state index in [9.17, 15) is 0 Å². The number of rotatable bonds is 4. The van der Waals surface area contributed by atoms with Crippen LogP contribution in [-0.4, -0.2) is 9.13 Å². The van der Waals surface area contributed by atoms with Crippen molar-refractivity contribution < 1.29 is 0 Å². The molecule has 6 aromatic carbocycles. The molecule has 38 heavy (non-hydrogen) atoms. The molecule has 0 N–H and O–H groups in total. The molecule has 0 spiro atoms. The van der Waals surface area contributed by atoms with E-state index in [4.69, 9.17) is 0 Å². The smallest absolute Gasteiger partial charge is 0.0501 e. The Balaban J connectivity index is 1.51. The van der Waals surface area contributed by atoms with Crippen molar-refractivity contribution in [3.8, 4) is 0 Å². The zero-order chi connectivity index (χ0) is 25.1. The van der Waals surface area contributed by atoms with Gasteiger partial charge in [-0.1, -0.05) is 109 Å². The van der Waals surface area contributed by atoms with Crippen molar-refractivity contribution >= 4 is 54.4 Å². The fraction of sp³-hybridized carbons (Fsp3) is 0.0556. The molecule has 0 aliphatic rings. The lowest BCUT2D eigenvalue weighted by molar-refractivity contribution is 0.869. The summed E-state index contributed by atoms with van der Waals surface area (Å²) in [6.45, 7) is 1.70. The molecule has 2 aromatic heterocycles. The van der Waals surface area contributed by atoms with Crippen LogP contribution >= 0.6 is 0 Å². The monoisotopic (exact) mass is 486 g/mol. The molecule has 0 unspecified atom stereocenters. The standard InChI is InChI=1S/C36H26N2/c1-3-11-25(12-4-1)23-37-30-17-9-7-15-28(30)35-32(37)21-19-27-20-22-33-36(34(27)35)29-16-8-10-18-31(29)38(33)24-26-13-5-2-6-14-26/h1-22H,23-24H2. The highest BCUT2D eigenvalue weighted by Gasteiger charge is 2.19. The van der Waals surface area contributed by atoms with Crippen molar-refractivity contribution in [3.05, 3.63) is 145 Å². The Morgan fingerprint density at radius 1 is 0.342 bits per heavy atom. The van der Waals surface area contributed by atoms with Gasteiger partial charge in [-0.3, -0.25) is 0 Å². The summed E-state index contributed by atoms with van der Waals surface area (Å²) in [7, 11) is 0. The van der Waals surface area contributed by atoms with E-state index < -0.39 is 0 Å². The third kappa shape index (κ3) is 3.13. The number of nitrogens with zero attached hydrogens (tertiary/aromatic N) is 2. The summed E-state index contributed by atoms with van der Waals surface area (Å²) >= 11 is 0. The van der Waals surface area contributed by atoms with Gasteiger partial charge in [-0.15, -0.1) is 0 Å². The van der Waals surface area contributed by atoms with E-state index in [2.05, 4.69) is 143 Å². The van der Waals surface area contributed by atoms with Crippen LogP contribution in [0.4, 0.5) is 0 Å². The molecule has 180 valence electrons. The average molecular weight is 487 g/mol. The third-order valence-corrected chi connectivity index (χ3v) is 8.02. The summed E-state index contributed by atoms with van der Waals surface area (Å²) < 4.78 is 4.98. The topological polar surface area (TPSA) is 9.86 Å². The van der Waals surface area contributed by atoms with Crippen LogP contribution in [0.15, 0.2) is 133 Å². The zero-order valence-corrected chi connectivity index (χ0v) is 21.0. The minimum Gasteiger partial charge on any atom is -0.336 e. The van der Waals surface area contributed by atoms with E-state index in [0.717, 1.165) is 13.1 Å². The van der Waals surface area contributed by atoms with Gasteiger partial charge in [0.2, 0.25) is 0 Å². The summed E-state index contributed by atoms with van der Waals surface area (Å²) in [5.41, 5.74) is 7.76. The van der Waals surface area contributed by atoms with Gasteiger partial charge in [-0.25, -0.2) is 0 Å². The Morgan fingerprint density at radius 2 is 0.763 bits per heavy atom. The summed E-state index contributed by atoms with van der Waals surface area (Å²) in [5, 5.41) is 7.97. The van der Waals surface area contributed by atoms with E-state index in [1.807, 2.05) is 0 Å². The molecule has 0 atom stereocenters. The Kier molecular flexibility index (Phi) is 4.68. The molecular weight excluding hydrogens is 460 g/mol. The molecule has 8 rings (SSSR count). The fourth-order valence-electron chi connectivity index (χ4n) is 6.36. The number of fused-ring (bicyclic) bond motifs is 9. The average Bonchev–Trinajstić information content (AvgIpc) is 3.47. The van der Waals surface area contributed by atoms with E-state index >= 15 is 0 Å². The quantitative estimate of drug-likeness (QED) is 0.235. The molecule has 0 fully saturated rings. The minimum atomic E-state index is 0.849. The van der Waals surface area contributed by atoms with Crippen LogP contribution in [0.2, 0.25) is 0 Å². The Hall–Kier alpha value is -4.82. The van der Waals surface area contributed by atoms with Crippen LogP contribution in [0, 0.1) is 0 Å². The number of benzene rings is 6. The first kappa shape index (κ1) is 21.3. The second-order valence-corrected chi connectivity index (χ2v) is 10.2. The Labute approximate surface area is 221 Å². The highest BCUT2D eigenvalue weighted by molar-refractivity contribution is 6.32. The molecule has 0 saturated carbocycles. The van der Waals surface area contributed by atoms with Gasteiger partial charge in [0, 0.05) is 51.1 Å². The third-order valence-electron chi connectivity index (χ3n) is 8.02. The van der Waals surface area contributed by atoms with Gasteiger partial charge in [-0.2, -0.15) is 0 Å². The SMILES string of the molecule is c1ccc(Cn2c3ccccc3c3c4c(ccc32)ccc2c4c3ccccc3n2Cc2ccccc2)cc1. The van der Waals surface area contributed by atoms with Crippen molar-refractivity contribution in [2.24, 2.45) is 0 Å². The Morgan fingerprint density at radius 3 is 1.24 bits per heavy atom. The molecule has 2 heterocycles. The predicted molar refractivity (Wildman–Crippen MR) is 161 cm³/mol. The van der Waals surface area contributed by atoms with Crippen molar-refractivity contribution in [1.29, 1.82) is 0 Å². The molecular formula is C36H26N2. The van der Waals surface area contributed by atoms with E-state index in [-0.39, 0.29) is 0 Å². The number of aromatic nitrogens is 2. The van der Waals surface area contributed by atoms with Crippen LogP contribution in [-0.2, 0) is 13.1 Å². The first-order valence-corrected chi connectivity index (χ1v) is 13.3. The van der Waals surface area contributed by atoms with Gasteiger partial charge in [0.05, 0.1) is 11.0 Å². The summed E-state index contributed by atoms with van der Waals surface area (Å²) in [5.74, 6) is 0. The zero-order valence-electron chi connectivity index (χ0n) is 21.0. The molecule has 0 amide bonds. The molecule has 2 nitrogen and oxygen atoms in total. The van der Waals surface area contributed by atoms with Gasteiger partial charge < -0.3 is 9.13 Å². The van der Waals surface area contributed by atoms with Gasteiger partial charge in [-0.05, 0) is 40.8 Å². The molecule has 0 saturated heterocycles.